The molecular formula is C20H20N4OS. The second-order valence-corrected chi connectivity index (χ2v) is 7.13. The first-order valence-electron chi connectivity index (χ1n) is 8.66. The third kappa shape index (κ3) is 3.25. The maximum Gasteiger partial charge on any atom is 0.256 e. The van der Waals surface area contributed by atoms with Crippen molar-refractivity contribution in [1.82, 2.24) is 20.2 Å². The van der Waals surface area contributed by atoms with E-state index in [1.165, 1.54) is 0 Å². The lowest BCUT2D eigenvalue weighted by Crippen LogP contribution is -2.48. The molecule has 1 atom stereocenters. The Hall–Kier alpha value is -2.57. The number of aromatic nitrogens is 2. The number of aryl methyl sites for hydroxylation is 1. The van der Waals surface area contributed by atoms with Gasteiger partial charge in [0.25, 0.3) is 5.91 Å². The van der Waals surface area contributed by atoms with Crippen LogP contribution in [0.4, 0.5) is 0 Å². The molecule has 0 spiro atoms. The van der Waals surface area contributed by atoms with Crippen molar-refractivity contribution in [3.8, 4) is 11.3 Å². The van der Waals surface area contributed by atoms with Gasteiger partial charge in [-0.3, -0.25) is 14.8 Å². The first-order valence-corrected chi connectivity index (χ1v) is 9.60. The quantitative estimate of drug-likeness (QED) is 0.775. The predicted molar refractivity (Wildman–Crippen MR) is 103 cm³/mol. The summed E-state index contributed by atoms with van der Waals surface area (Å²) in [6, 6.07) is 9.80. The number of nitrogens with one attached hydrogen (secondary N) is 1. The molecule has 0 saturated carbocycles. The Morgan fingerprint density at radius 2 is 2.23 bits per heavy atom. The lowest BCUT2D eigenvalue weighted by Gasteiger charge is -2.36. The Bertz CT molecular complexity index is 895. The van der Waals surface area contributed by atoms with Gasteiger partial charge in [0.05, 0.1) is 23.0 Å². The summed E-state index contributed by atoms with van der Waals surface area (Å²) < 4.78 is 0. The van der Waals surface area contributed by atoms with E-state index in [9.17, 15) is 4.79 Å². The smallest absolute Gasteiger partial charge is 0.256 e. The average molecular weight is 364 g/mol. The zero-order chi connectivity index (χ0) is 17.9. The van der Waals surface area contributed by atoms with E-state index in [-0.39, 0.29) is 11.9 Å². The molecule has 4 rings (SSSR count). The molecule has 3 aromatic heterocycles. The summed E-state index contributed by atoms with van der Waals surface area (Å²) in [6.07, 6.45) is 3.59. The highest BCUT2D eigenvalue weighted by atomic mass is 32.1. The van der Waals surface area contributed by atoms with Gasteiger partial charge in [-0.05, 0) is 42.1 Å². The predicted octanol–water partition coefficient (Wildman–Crippen LogP) is 3.30. The van der Waals surface area contributed by atoms with Crippen molar-refractivity contribution in [2.45, 2.75) is 13.0 Å². The Morgan fingerprint density at radius 3 is 2.96 bits per heavy atom. The average Bonchev–Trinajstić information content (AvgIpc) is 3.23. The van der Waals surface area contributed by atoms with Crippen molar-refractivity contribution in [1.29, 1.82) is 0 Å². The molecule has 1 unspecified atom stereocenters. The standard InChI is InChI=1S/C20H20N4OS/c1-14-17(4-5-18(23-14)16-6-10-26-13-16)20(25)24-9-8-22-12-19(24)15-3-2-7-21-11-15/h2-7,10-11,13,19,22H,8-9,12H2,1H3. The number of thiophene rings is 1. The first kappa shape index (κ1) is 16.9. The lowest BCUT2D eigenvalue weighted by atomic mass is 10.0. The van der Waals surface area contributed by atoms with Crippen molar-refractivity contribution < 1.29 is 4.79 Å². The first-order chi connectivity index (χ1) is 12.7. The Morgan fingerprint density at radius 1 is 1.31 bits per heavy atom. The molecule has 0 aliphatic carbocycles. The SMILES string of the molecule is Cc1nc(-c2ccsc2)ccc1C(=O)N1CCNCC1c1cccnc1. The number of rotatable bonds is 3. The number of hydrogen-bond donors (Lipinski definition) is 1. The molecule has 6 heteroatoms. The van der Waals surface area contributed by atoms with E-state index in [4.69, 9.17) is 0 Å². The number of hydrogen-bond acceptors (Lipinski definition) is 5. The second kappa shape index (κ2) is 7.35. The van der Waals surface area contributed by atoms with Gasteiger partial charge in [0.2, 0.25) is 0 Å². The van der Waals surface area contributed by atoms with Crippen molar-refractivity contribution in [2.24, 2.45) is 0 Å². The van der Waals surface area contributed by atoms with E-state index >= 15 is 0 Å². The minimum Gasteiger partial charge on any atom is -0.329 e. The van der Waals surface area contributed by atoms with E-state index < -0.39 is 0 Å². The Balaban J connectivity index is 1.63. The summed E-state index contributed by atoms with van der Waals surface area (Å²) in [5, 5.41) is 7.48. The highest BCUT2D eigenvalue weighted by molar-refractivity contribution is 7.08. The Kier molecular flexibility index (Phi) is 4.77. The van der Waals surface area contributed by atoms with E-state index in [2.05, 4.69) is 20.7 Å². The van der Waals surface area contributed by atoms with Gasteiger partial charge in [-0.25, -0.2) is 0 Å². The van der Waals surface area contributed by atoms with Gasteiger partial charge in [0, 0.05) is 43.0 Å². The van der Waals surface area contributed by atoms with Crippen LogP contribution in [0.2, 0.25) is 0 Å². The maximum absolute atomic E-state index is 13.2. The third-order valence-corrected chi connectivity index (χ3v) is 5.39. The van der Waals surface area contributed by atoms with E-state index in [1.54, 1.807) is 17.5 Å². The van der Waals surface area contributed by atoms with Crippen molar-refractivity contribution >= 4 is 17.2 Å². The molecule has 26 heavy (non-hydrogen) atoms. The molecule has 132 valence electrons. The van der Waals surface area contributed by atoms with Crippen LogP contribution in [0.1, 0.15) is 27.7 Å². The van der Waals surface area contributed by atoms with Crippen LogP contribution >= 0.6 is 11.3 Å². The van der Waals surface area contributed by atoms with Gasteiger partial charge in [-0.2, -0.15) is 11.3 Å². The van der Waals surface area contributed by atoms with Gasteiger partial charge < -0.3 is 10.2 Å². The van der Waals surface area contributed by atoms with E-state index in [0.29, 0.717) is 12.1 Å². The normalized spacial score (nSPS) is 17.3. The highest BCUT2D eigenvalue weighted by Crippen LogP contribution is 2.26. The Labute approximate surface area is 156 Å². The molecule has 1 aliphatic rings. The van der Waals surface area contributed by atoms with Crippen LogP contribution < -0.4 is 5.32 Å². The van der Waals surface area contributed by atoms with Gasteiger partial charge in [0.15, 0.2) is 0 Å². The molecule has 0 aromatic carbocycles. The largest absolute Gasteiger partial charge is 0.329 e. The van der Waals surface area contributed by atoms with Crippen LogP contribution in [0, 0.1) is 6.92 Å². The van der Waals surface area contributed by atoms with Gasteiger partial charge in [-0.1, -0.05) is 6.07 Å². The number of pyridine rings is 2. The number of carbonyl (C=O) groups excluding carboxylic acids is 1. The van der Waals surface area contributed by atoms with Crippen LogP contribution in [-0.2, 0) is 0 Å². The molecule has 1 amide bonds. The zero-order valence-corrected chi connectivity index (χ0v) is 15.4. The molecule has 5 nitrogen and oxygen atoms in total. The van der Waals surface area contributed by atoms with Crippen LogP contribution in [0.25, 0.3) is 11.3 Å². The fourth-order valence-corrected chi connectivity index (χ4v) is 3.98. The number of carbonyl (C=O) groups is 1. The fourth-order valence-electron chi connectivity index (χ4n) is 3.33. The van der Waals surface area contributed by atoms with Gasteiger partial charge in [0.1, 0.15) is 0 Å². The molecule has 0 radical (unpaired) electrons. The van der Waals surface area contributed by atoms with Crippen LogP contribution in [0.15, 0.2) is 53.5 Å². The van der Waals surface area contributed by atoms with Crippen LogP contribution in [-0.4, -0.2) is 40.4 Å². The highest BCUT2D eigenvalue weighted by Gasteiger charge is 2.29. The van der Waals surface area contributed by atoms with E-state index in [1.807, 2.05) is 53.7 Å². The molecule has 1 aliphatic heterocycles. The van der Waals surface area contributed by atoms with Crippen molar-refractivity contribution in [3.63, 3.8) is 0 Å². The topological polar surface area (TPSA) is 58.1 Å². The van der Waals surface area contributed by atoms with Crippen LogP contribution in [0.5, 0.6) is 0 Å². The summed E-state index contributed by atoms with van der Waals surface area (Å²) in [6.45, 7) is 4.10. The summed E-state index contributed by atoms with van der Waals surface area (Å²) in [4.78, 5) is 24.0. The zero-order valence-electron chi connectivity index (χ0n) is 14.6. The monoisotopic (exact) mass is 364 g/mol. The van der Waals surface area contributed by atoms with E-state index in [0.717, 1.165) is 35.6 Å². The van der Waals surface area contributed by atoms with Gasteiger partial charge in [-0.15, -0.1) is 0 Å². The summed E-state index contributed by atoms with van der Waals surface area (Å²) in [5.74, 6) is 0.0298. The summed E-state index contributed by atoms with van der Waals surface area (Å²) >= 11 is 1.64. The van der Waals surface area contributed by atoms with Gasteiger partial charge >= 0.3 is 0 Å². The number of amides is 1. The molecule has 1 saturated heterocycles. The van der Waals surface area contributed by atoms with Crippen LogP contribution in [0.3, 0.4) is 0 Å². The minimum absolute atomic E-state index is 0.0131. The lowest BCUT2D eigenvalue weighted by molar-refractivity contribution is 0.0632. The molecule has 3 aromatic rings. The molecular weight excluding hydrogens is 344 g/mol. The maximum atomic E-state index is 13.2. The number of nitrogens with zero attached hydrogens (tertiary/aromatic N) is 3. The number of piperazine rings is 1. The summed E-state index contributed by atoms with van der Waals surface area (Å²) in [7, 11) is 0. The molecule has 0 bridgehead atoms. The van der Waals surface area contributed by atoms with Crippen molar-refractivity contribution in [2.75, 3.05) is 19.6 Å². The molecule has 1 N–H and O–H groups in total. The summed E-state index contributed by atoms with van der Waals surface area (Å²) in [5.41, 5.74) is 4.48. The third-order valence-electron chi connectivity index (χ3n) is 4.71. The van der Waals surface area contributed by atoms with Crippen molar-refractivity contribution in [3.05, 3.63) is 70.3 Å². The fraction of sp³-hybridized carbons (Fsp3) is 0.250. The molecule has 4 heterocycles. The second-order valence-electron chi connectivity index (χ2n) is 6.35. The minimum atomic E-state index is -0.0131. The molecule has 1 fully saturated rings.